The van der Waals surface area contributed by atoms with Gasteiger partial charge in [0.2, 0.25) is 5.82 Å². The van der Waals surface area contributed by atoms with Crippen molar-refractivity contribution in [3.8, 4) is 0 Å². The molecule has 0 saturated heterocycles. The number of hydrogen-bond donors (Lipinski definition) is 2. The van der Waals surface area contributed by atoms with Crippen molar-refractivity contribution in [2.45, 2.75) is 0 Å². The first-order chi connectivity index (χ1) is 8.58. The first kappa shape index (κ1) is 11.7. The van der Waals surface area contributed by atoms with E-state index in [0.29, 0.717) is 5.69 Å². The van der Waals surface area contributed by atoms with Crippen molar-refractivity contribution in [2.75, 3.05) is 5.32 Å². The zero-order valence-electron chi connectivity index (χ0n) is 8.88. The van der Waals surface area contributed by atoms with Crippen LogP contribution in [0.1, 0.15) is 10.4 Å². The van der Waals surface area contributed by atoms with E-state index in [0.717, 1.165) is 12.1 Å². The number of carbonyl (C=O) groups is 1. The maximum atomic E-state index is 13.3. The quantitative estimate of drug-likeness (QED) is 0.639. The van der Waals surface area contributed by atoms with Crippen LogP contribution in [-0.4, -0.2) is 21.0 Å². The molecule has 1 amide bonds. The van der Waals surface area contributed by atoms with Gasteiger partial charge in [0.25, 0.3) is 5.91 Å². The average Bonchev–Trinajstić information content (AvgIpc) is 2.81. The monoisotopic (exact) mass is 250 g/mol. The fourth-order valence-corrected chi connectivity index (χ4v) is 1.32. The second-order valence-corrected chi connectivity index (χ2v) is 3.36. The van der Waals surface area contributed by atoms with Crippen LogP contribution in [-0.2, 0) is 0 Å². The van der Waals surface area contributed by atoms with Gasteiger partial charge in [-0.05, 0) is 12.1 Å². The molecule has 2 rings (SSSR count). The van der Waals surface area contributed by atoms with Crippen molar-refractivity contribution >= 4 is 17.3 Å². The van der Waals surface area contributed by atoms with E-state index in [1.807, 2.05) is 0 Å². The highest BCUT2D eigenvalue weighted by molar-refractivity contribution is 6.04. The summed E-state index contributed by atoms with van der Waals surface area (Å²) in [4.78, 5) is 21.2. The van der Waals surface area contributed by atoms with Gasteiger partial charge in [-0.1, -0.05) is 0 Å². The Morgan fingerprint density at radius 2 is 2.28 bits per heavy atom. The molecule has 1 aromatic heterocycles. The number of anilines is 1. The van der Waals surface area contributed by atoms with Crippen molar-refractivity contribution < 1.29 is 14.1 Å². The molecule has 0 spiro atoms. The lowest BCUT2D eigenvalue weighted by molar-refractivity contribution is -0.387. The van der Waals surface area contributed by atoms with Gasteiger partial charge in [0.1, 0.15) is 0 Å². The number of nitro groups is 1. The molecule has 7 nitrogen and oxygen atoms in total. The Morgan fingerprint density at radius 3 is 2.83 bits per heavy atom. The Kier molecular flexibility index (Phi) is 3.00. The molecular weight excluding hydrogens is 243 g/mol. The number of carbonyl (C=O) groups excluding carboxylic acids is 1. The van der Waals surface area contributed by atoms with Crippen LogP contribution in [0.4, 0.5) is 15.8 Å². The normalized spacial score (nSPS) is 10.1. The number of aromatic nitrogens is 2. The van der Waals surface area contributed by atoms with Crippen LogP contribution in [0.15, 0.2) is 30.6 Å². The molecule has 0 unspecified atom stereocenters. The molecule has 1 heterocycles. The van der Waals surface area contributed by atoms with Crippen LogP contribution in [0.5, 0.6) is 0 Å². The lowest BCUT2D eigenvalue weighted by Gasteiger charge is -2.02. The zero-order chi connectivity index (χ0) is 13.1. The molecule has 0 fully saturated rings. The maximum absolute atomic E-state index is 13.3. The molecule has 0 saturated carbocycles. The molecular formula is C10H7FN4O3. The number of rotatable bonds is 3. The maximum Gasteiger partial charge on any atom is 0.304 e. The zero-order valence-corrected chi connectivity index (χ0v) is 8.88. The third-order valence-electron chi connectivity index (χ3n) is 2.16. The lowest BCUT2D eigenvalue weighted by atomic mass is 10.2. The smallest absolute Gasteiger partial charge is 0.304 e. The van der Waals surface area contributed by atoms with Crippen LogP contribution in [0.25, 0.3) is 0 Å². The minimum atomic E-state index is -1.06. The summed E-state index contributed by atoms with van der Waals surface area (Å²) < 4.78 is 13.3. The molecule has 0 atom stereocenters. The molecule has 2 aromatic rings. The van der Waals surface area contributed by atoms with Crippen molar-refractivity contribution in [3.05, 3.63) is 52.1 Å². The SMILES string of the molecule is O=C(Nc1cn[nH]c1)c1ccc([N+](=O)[O-])c(F)c1. The molecule has 0 radical (unpaired) electrons. The number of halogens is 1. The third kappa shape index (κ3) is 2.32. The number of hydrogen-bond acceptors (Lipinski definition) is 4. The number of nitro benzene ring substituents is 1. The predicted molar refractivity (Wildman–Crippen MR) is 59.6 cm³/mol. The van der Waals surface area contributed by atoms with E-state index >= 15 is 0 Å². The van der Waals surface area contributed by atoms with Gasteiger partial charge >= 0.3 is 5.69 Å². The van der Waals surface area contributed by atoms with Gasteiger partial charge in [0.15, 0.2) is 0 Å². The van der Waals surface area contributed by atoms with Gasteiger partial charge in [-0.2, -0.15) is 9.49 Å². The van der Waals surface area contributed by atoms with Gasteiger partial charge in [-0.25, -0.2) is 0 Å². The van der Waals surface area contributed by atoms with Crippen LogP contribution in [0, 0.1) is 15.9 Å². The Balaban J connectivity index is 2.21. The van der Waals surface area contributed by atoms with Gasteiger partial charge in [0, 0.05) is 17.8 Å². The van der Waals surface area contributed by atoms with Gasteiger partial charge in [0.05, 0.1) is 16.8 Å². The topological polar surface area (TPSA) is 101 Å². The molecule has 0 aliphatic carbocycles. The summed E-state index contributed by atoms with van der Waals surface area (Å²) in [7, 11) is 0. The molecule has 1 aromatic carbocycles. The van der Waals surface area contributed by atoms with E-state index in [1.54, 1.807) is 0 Å². The summed E-state index contributed by atoms with van der Waals surface area (Å²) in [5.41, 5.74) is -0.270. The summed E-state index contributed by atoms with van der Waals surface area (Å²) in [6.45, 7) is 0. The minimum absolute atomic E-state index is 0.0145. The van der Waals surface area contributed by atoms with Crippen LogP contribution >= 0.6 is 0 Å². The highest BCUT2D eigenvalue weighted by Gasteiger charge is 2.16. The number of amides is 1. The van der Waals surface area contributed by atoms with Crippen LogP contribution in [0.3, 0.4) is 0 Å². The number of nitrogens with zero attached hydrogens (tertiary/aromatic N) is 2. The summed E-state index contributed by atoms with van der Waals surface area (Å²) in [5.74, 6) is -1.63. The Morgan fingerprint density at radius 1 is 1.50 bits per heavy atom. The number of nitrogens with one attached hydrogen (secondary N) is 2. The molecule has 2 N–H and O–H groups in total. The van der Waals surface area contributed by atoms with Crippen molar-refractivity contribution in [3.63, 3.8) is 0 Å². The third-order valence-corrected chi connectivity index (χ3v) is 2.16. The van der Waals surface area contributed by atoms with E-state index < -0.39 is 22.3 Å². The Bertz CT molecular complexity index is 597. The standard InChI is InChI=1S/C10H7FN4O3/c11-8-3-6(1-2-9(8)15(17)18)10(16)14-7-4-12-13-5-7/h1-5H,(H,12,13)(H,14,16). The predicted octanol–water partition coefficient (Wildman–Crippen LogP) is 1.71. The molecule has 92 valence electrons. The molecule has 0 bridgehead atoms. The van der Waals surface area contributed by atoms with Crippen molar-refractivity contribution in [2.24, 2.45) is 0 Å². The summed E-state index contributed by atoms with van der Waals surface area (Å²) in [6.07, 6.45) is 2.82. The summed E-state index contributed by atoms with van der Waals surface area (Å²) >= 11 is 0. The highest BCUT2D eigenvalue weighted by atomic mass is 19.1. The fraction of sp³-hybridized carbons (Fsp3) is 0. The van der Waals surface area contributed by atoms with Crippen LogP contribution < -0.4 is 5.32 Å². The second kappa shape index (κ2) is 4.62. The number of H-pyrrole nitrogens is 1. The van der Waals surface area contributed by atoms with Crippen molar-refractivity contribution in [1.82, 2.24) is 10.2 Å². The number of benzene rings is 1. The van der Waals surface area contributed by atoms with E-state index in [4.69, 9.17) is 0 Å². The fourth-order valence-electron chi connectivity index (χ4n) is 1.32. The van der Waals surface area contributed by atoms with Gasteiger partial charge in [-0.3, -0.25) is 20.0 Å². The largest absolute Gasteiger partial charge is 0.319 e. The molecule has 18 heavy (non-hydrogen) atoms. The summed E-state index contributed by atoms with van der Waals surface area (Å²) in [6, 6.07) is 2.93. The first-order valence-electron chi connectivity index (χ1n) is 4.82. The lowest BCUT2D eigenvalue weighted by Crippen LogP contribution is -2.11. The van der Waals surface area contributed by atoms with Crippen LogP contribution in [0.2, 0.25) is 0 Å². The van der Waals surface area contributed by atoms with E-state index in [2.05, 4.69) is 15.5 Å². The first-order valence-corrected chi connectivity index (χ1v) is 4.82. The van der Waals surface area contributed by atoms with E-state index in [-0.39, 0.29) is 5.56 Å². The Labute approximate surface area is 99.8 Å². The average molecular weight is 250 g/mol. The highest BCUT2D eigenvalue weighted by Crippen LogP contribution is 2.18. The van der Waals surface area contributed by atoms with Gasteiger partial charge in [-0.15, -0.1) is 0 Å². The molecule has 0 aliphatic rings. The van der Waals surface area contributed by atoms with E-state index in [1.165, 1.54) is 18.5 Å². The number of aromatic amines is 1. The Hall–Kier alpha value is -2.77. The summed E-state index contributed by atoms with van der Waals surface area (Å²) in [5, 5.41) is 19.0. The molecule has 8 heteroatoms. The minimum Gasteiger partial charge on any atom is -0.319 e. The second-order valence-electron chi connectivity index (χ2n) is 3.36. The van der Waals surface area contributed by atoms with E-state index in [9.17, 15) is 19.3 Å². The van der Waals surface area contributed by atoms with Crippen molar-refractivity contribution in [1.29, 1.82) is 0 Å². The molecule has 0 aliphatic heterocycles. The van der Waals surface area contributed by atoms with Gasteiger partial charge < -0.3 is 5.32 Å².